The van der Waals surface area contributed by atoms with E-state index < -0.39 is 10.8 Å². The molecule has 0 saturated heterocycles. The fraction of sp³-hybridized carbons (Fsp3) is 0.0800. The number of tetrazole rings is 1. The third-order valence-corrected chi connectivity index (χ3v) is 5.78. The zero-order valence-electron chi connectivity index (χ0n) is 19.9. The maximum Gasteiger partial charge on any atom is 0.276 e. The first-order valence-electron chi connectivity index (χ1n) is 11.3. The molecule has 190 valence electrons. The van der Waals surface area contributed by atoms with Crippen molar-refractivity contribution in [1.82, 2.24) is 30.0 Å². The van der Waals surface area contributed by atoms with Gasteiger partial charge in [0.15, 0.2) is 12.4 Å². The van der Waals surface area contributed by atoms with Crippen LogP contribution >= 0.6 is 11.6 Å². The Labute approximate surface area is 220 Å². The van der Waals surface area contributed by atoms with Gasteiger partial charge in [-0.3, -0.25) is 14.9 Å². The van der Waals surface area contributed by atoms with Crippen LogP contribution in [-0.2, 0) is 6.67 Å². The lowest BCUT2D eigenvalue weighted by Crippen LogP contribution is -2.16. The zero-order chi connectivity index (χ0) is 26.6. The molecule has 5 aromatic rings. The summed E-state index contributed by atoms with van der Waals surface area (Å²) in [6, 6.07) is 19.9. The minimum Gasteiger partial charge on any atom is -0.457 e. The molecule has 0 aliphatic rings. The average Bonchev–Trinajstić information content (AvgIpc) is 3.57. The minimum atomic E-state index is -0.570. The molecule has 38 heavy (non-hydrogen) atoms. The van der Waals surface area contributed by atoms with E-state index in [1.165, 1.54) is 33.7 Å². The molecule has 0 unspecified atom stereocenters. The first-order chi connectivity index (χ1) is 18.3. The number of rotatable bonds is 8. The summed E-state index contributed by atoms with van der Waals surface area (Å²) >= 11 is 6.05. The number of ether oxygens (including phenoxy) is 1. The molecule has 0 aliphatic carbocycles. The van der Waals surface area contributed by atoms with Gasteiger partial charge >= 0.3 is 0 Å². The number of carbonyl (C=O) groups excluding carboxylic acids is 1. The Kier molecular flexibility index (Phi) is 6.78. The highest BCUT2D eigenvalue weighted by atomic mass is 35.5. The number of nitro groups is 1. The first kappa shape index (κ1) is 24.6. The van der Waals surface area contributed by atoms with E-state index in [0.717, 1.165) is 11.1 Å². The summed E-state index contributed by atoms with van der Waals surface area (Å²) in [6.07, 6.45) is 1.59. The van der Waals surface area contributed by atoms with E-state index in [1.807, 2.05) is 37.3 Å². The van der Waals surface area contributed by atoms with Crippen LogP contribution in [0.5, 0.6) is 11.5 Å². The molecule has 12 nitrogen and oxygen atoms in total. The van der Waals surface area contributed by atoms with Gasteiger partial charge in [-0.05, 0) is 42.0 Å². The number of aromatic nitrogens is 6. The van der Waals surface area contributed by atoms with Crippen LogP contribution in [0, 0.1) is 17.0 Å². The van der Waals surface area contributed by atoms with Crippen molar-refractivity contribution in [3.63, 3.8) is 0 Å². The molecule has 2 aromatic heterocycles. The molecular weight excluding hydrogens is 512 g/mol. The van der Waals surface area contributed by atoms with Gasteiger partial charge in [0.25, 0.3) is 11.6 Å². The van der Waals surface area contributed by atoms with E-state index in [2.05, 4.69) is 25.8 Å². The number of carbonyl (C=O) groups is 1. The summed E-state index contributed by atoms with van der Waals surface area (Å²) in [5.74, 6) is 0.524. The lowest BCUT2D eigenvalue weighted by Gasteiger charge is -2.10. The van der Waals surface area contributed by atoms with Crippen molar-refractivity contribution in [2.45, 2.75) is 13.6 Å². The van der Waals surface area contributed by atoms with Crippen molar-refractivity contribution in [1.29, 1.82) is 0 Å². The van der Waals surface area contributed by atoms with Crippen LogP contribution in [0.4, 0.5) is 11.4 Å². The number of amides is 1. The molecule has 0 aliphatic heterocycles. The number of benzene rings is 3. The normalized spacial score (nSPS) is 10.8. The Morgan fingerprint density at radius 2 is 1.87 bits per heavy atom. The van der Waals surface area contributed by atoms with Gasteiger partial charge in [0, 0.05) is 28.9 Å². The molecule has 1 amide bonds. The summed E-state index contributed by atoms with van der Waals surface area (Å²) in [5.41, 5.74) is 1.63. The molecule has 5 rings (SSSR count). The van der Waals surface area contributed by atoms with Gasteiger partial charge in [-0.1, -0.05) is 41.9 Å². The topological polar surface area (TPSA) is 143 Å². The predicted molar refractivity (Wildman–Crippen MR) is 138 cm³/mol. The number of aryl methyl sites for hydroxylation is 1. The standard InChI is InChI=1S/C25H19ClN8O4/c1-16-11-20(7-8-22(16)26)38-21-13-18(12-19(14-21)34(36)37)27-25(35)23-9-10-32(29-23)15-33-30-24(28-31-33)17-5-3-2-4-6-17/h2-14H,15H2,1H3,(H,27,35). The molecule has 1 N–H and O–H groups in total. The lowest BCUT2D eigenvalue weighted by atomic mass is 10.2. The van der Waals surface area contributed by atoms with E-state index in [4.69, 9.17) is 16.3 Å². The molecule has 0 saturated carbocycles. The summed E-state index contributed by atoms with van der Waals surface area (Å²) in [5, 5.41) is 31.3. The van der Waals surface area contributed by atoms with Crippen molar-refractivity contribution in [3.8, 4) is 22.9 Å². The molecular formula is C25H19ClN8O4. The summed E-state index contributed by atoms with van der Waals surface area (Å²) in [4.78, 5) is 25.1. The van der Waals surface area contributed by atoms with Crippen molar-refractivity contribution < 1.29 is 14.5 Å². The molecule has 2 heterocycles. The molecule has 0 bridgehead atoms. The SMILES string of the molecule is Cc1cc(Oc2cc(NC(=O)c3ccn(Cn4nnc(-c5ccccc5)n4)n3)cc([N+](=O)[O-])c2)ccc1Cl. The van der Waals surface area contributed by atoms with Gasteiger partial charge in [-0.25, -0.2) is 4.68 Å². The molecule has 13 heteroatoms. The highest BCUT2D eigenvalue weighted by Gasteiger charge is 2.16. The van der Waals surface area contributed by atoms with E-state index in [0.29, 0.717) is 16.6 Å². The Morgan fingerprint density at radius 3 is 2.63 bits per heavy atom. The Hall–Kier alpha value is -5.10. The second-order valence-electron chi connectivity index (χ2n) is 8.17. The number of non-ortho nitro benzene ring substituents is 1. The fourth-order valence-corrected chi connectivity index (χ4v) is 3.65. The number of nitrogens with one attached hydrogen (secondary N) is 1. The first-order valence-corrected chi connectivity index (χ1v) is 11.6. The number of hydrogen-bond donors (Lipinski definition) is 1. The second-order valence-corrected chi connectivity index (χ2v) is 8.58. The van der Waals surface area contributed by atoms with Crippen LogP contribution in [0.15, 0.2) is 79.0 Å². The maximum atomic E-state index is 12.8. The van der Waals surface area contributed by atoms with Crippen LogP contribution in [0.3, 0.4) is 0 Å². The van der Waals surface area contributed by atoms with E-state index in [1.54, 1.807) is 24.4 Å². The maximum absolute atomic E-state index is 12.8. The van der Waals surface area contributed by atoms with Crippen molar-refractivity contribution in [2.24, 2.45) is 0 Å². The van der Waals surface area contributed by atoms with Gasteiger partial charge in [-0.15, -0.1) is 15.0 Å². The average molecular weight is 531 g/mol. The monoisotopic (exact) mass is 530 g/mol. The number of nitro benzene ring substituents is 1. The Morgan fingerprint density at radius 1 is 1.05 bits per heavy atom. The van der Waals surface area contributed by atoms with Gasteiger partial charge in [0.05, 0.1) is 16.7 Å². The van der Waals surface area contributed by atoms with E-state index >= 15 is 0 Å². The fourth-order valence-electron chi connectivity index (χ4n) is 3.53. The summed E-state index contributed by atoms with van der Waals surface area (Å²) in [7, 11) is 0. The second kappa shape index (κ2) is 10.5. The van der Waals surface area contributed by atoms with E-state index in [-0.39, 0.29) is 29.5 Å². The van der Waals surface area contributed by atoms with E-state index in [9.17, 15) is 14.9 Å². The van der Waals surface area contributed by atoms with Gasteiger partial charge in [0.2, 0.25) is 5.82 Å². The number of halogens is 1. The third-order valence-electron chi connectivity index (χ3n) is 5.35. The van der Waals surface area contributed by atoms with Crippen LogP contribution in [0.25, 0.3) is 11.4 Å². The van der Waals surface area contributed by atoms with Crippen molar-refractivity contribution in [2.75, 3.05) is 5.32 Å². The number of hydrogen-bond acceptors (Lipinski definition) is 8. The van der Waals surface area contributed by atoms with Crippen molar-refractivity contribution >= 4 is 28.9 Å². The zero-order valence-corrected chi connectivity index (χ0v) is 20.6. The Bertz CT molecular complexity index is 1630. The van der Waals surface area contributed by atoms with Gasteiger partial charge in [-0.2, -0.15) is 5.10 Å². The highest BCUT2D eigenvalue weighted by Crippen LogP contribution is 2.31. The summed E-state index contributed by atoms with van der Waals surface area (Å²) in [6.45, 7) is 1.94. The third kappa shape index (κ3) is 5.65. The highest BCUT2D eigenvalue weighted by molar-refractivity contribution is 6.31. The number of nitrogens with zero attached hydrogens (tertiary/aromatic N) is 7. The quantitative estimate of drug-likeness (QED) is 0.219. The molecule has 0 spiro atoms. The van der Waals surface area contributed by atoms with Gasteiger partial charge < -0.3 is 10.1 Å². The predicted octanol–water partition coefficient (Wildman–Crippen LogP) is 4.96. The van der Waals surface area contributed by atoms with Crippen LogP contribution < -0.4 is 10.1 Å². The number of anilines is 1. The molecule has 3 aromatic carbocycles. The summed E-state index contributed by atoms with van der Waals surface area (Å²) < 4.78 is 7.25. The van der Waals surface area contributed by atoms with Gasteiger partial charge in [0.1, 0.15) is 11.5 Å². The smallest absolute Gasteiger partial charge is 0.276 e. The molecule has 0 fully saturated rings. The van der Waals surface area contributed by atoms with Crippen LogP contribution in [0.1, 0.15) is 16.1 Å². The molecule has 0 atom stereocenters. The van der Waals surface area contributed by atoms with Crippen LogP contribution in [-0.4, -0.2) is 40.8 Å². The minimum absolute atomic E-state index is 0.0932. The molecule has 0 radical (unpaired) electrons. The Balaban J connectivity index is 1.30. The van der Waals surface area contributed by atoms with Crippen LogP contribution in [0.2, 0.25) is 5.02 Å². The lowest BCUT2D eigenvalue weighted by molar-refractivity contribution is -0.384. The largest absolute Gasteiger partial charge is 0.457 e. The van der Waals surface area contributed by atoms with Crippen molar-refractivity contribution in [3.05, 3.63) is 105 Å².